The zero-order valence-corrected chi connectivity index (χ0v) is 10.7. The van der Waals surface area contributed by atoms with Crippen molar-refractivity contribution < 1.29 is 13.0 Å². The molecule has 0 heterocycles. The molecule has 0 amide bonds. The zero-order valence-electron chi connectivity index (χ0n) is 9.89. The first kappa shape index (κ1) is 12.1. The molecule has 3 nitrogen and oxygen atoms in total. The van der Waals surface area contributed by atoms with Gasteiger partial charge in [-0.1, -0.05) is 31.4 Å². The van der Waals surface area contributed by atoms with Gasteiger partial charge in [-0.3, -0.25) is 4.55 Å². The number of hydrogen-bond acceptors (Lipinski definition) is 2. The highest BCUT2D eigenvalue weighted by Gasteiger charge is 2.43. The molecule has 1 saturated carbocycles. The van der Waals surface area contributed by atoms with Gasteiger partial charge in [0.05, 0.1) is 0 Å². The van der Waals surface area contributed by atoms with Crippen LogP contribution in [0, 0.1) is 17.8 Å². The van der Waals surface area contributed by atoms with Crippen LogP contribution in [0.4, 0.5) is 0 Å². The third kappa shape index (κ3) is 2.05. The van der Waals surface area contributed by atoms with Crippen molar-refractivity contribution >= 4 is 10.1 Å². The van der Waals surface area contributed by atoms with Crippen LogP contribution in [0.5, 0.6) is 0 Å². The molecule has 4 atom stereocenters. The Kier molecular flexibility index (Phi) is 3.14. The van der Waals surface area contributed by atoms with E-state index < -0.39 is 15.4 Å². The van der Waals surface area contributed by atoms with Gasteiger partial charge in [-0.05, 0) is 37.5 Å². The fourth-order valence-electron chi connectivity index (χ4n) is 3.54. The molecule has 2 aliphatic carbocycles. The molecule has 1 fully saturated rings. The summed E-state index contributed by atoms with van der Waals surface area (Å²) in [7, 11) is -3.94. The van der Waals surface area contributed by atoms with Gasteiger partial charge in [0.1, 0.15) is 5.25 Å². The minimum absolute atomic E-state index is 0.128. The lowest BCUT2D eigenvalue weighted by molar-refractivity contribution is 0.156. The van der Waals surface area contributed by atoms with Crippen LogP contribution in [-0.4, -0.2) is 18.2 Å². The average molecular weight is 244 g/mol. The highest BCUT2D eigenvalue weighted by molar-refractivity contribution is 7.86. The minimum Gasteiger partial charge on any atom is -0.285 e. The van der Waals surface area contributed by atoms with Crippen molar-refractivity contribution in [2.45, 2.75) is 44.8 Å². The van der Waals surface area contributed by atoms with E-state index >= 15 is 0 Å². The van der Waals surface area contributed by atoms with Gasteiger partial charge < -0.3 is 0 Å². The smallest absolute Gasteiger partial charge is 0.271 e. The first-order valence-corrected chi connectivity index (χ1v) is 7.54. The molecule has 4 heteroatoms. The highest BCUT2D eigenvalue weighted by Crippen LogP contribution is 2.45. The second-order valence-corrected chi connectivity index (χ2v) is 6.89. The molecule has 2 aliphatic rings. The summed E-state index contributed by atoms with van der Waals surface area (Å²) < 4.78 is 32.3. The largest absolute Gasteiger partial charge is 0.285 e. The molecule has 0 radical (unpaired) electrons. The Morgan fingerprint density at radius 1 is 1.31 bits per heavy atom. The van der Waals surface area contributed by atoms with E-state index in [4.69, 9.17) is 0 Å². The van der Waals surface area contributed by atoms with E-state index in [9.17, 15) is 13.0 Å². The molecule has 1 N–H and O–H groups in total. The first-order chi connectivity index (χ1) is 7.41. The number of hydrogen-bond donors (Lipinski definition) is 1. The van der Waals surface area contributed by atoms with Gasteiger partial charge in [0.15, 0.2) is 0 Å². The Hall–Kier alpha value is -0.350. The standard InChI is InChI=1S/C12H20O3S/c1-8-4-3-5-11-10(8)7-6-9(2)12(11)16(13,14)15/h6,8,10-12H,3-5,7H2,1-2H3,(H,13,14,15). The van der Waals surface area contributed by atoms with Crippen molar-refractivity contribution in [1.29, 1.82) is 0 Å². The molecule has 2 rings (SSSR count). The Morgan fingerprint density at radius 3 is 2.62 bits per heavy atom. The minimum atomic E-state index is -3.94. The van der Waals surface area contributed by atoms with Gasteiger partial charge >= 0.3 is 0 Å². The van der Waals surface area contributed by atoms with E-state index in [0.717, 1.165) is 24.8 Å². The van der Waals surface area contributed by atoms with E-state index in [1.165, 1.54) is 6.42 Å². The first-order valence-electron chi connectivity index (χ1n) is 6.04. The summed E-state index contributed by atoms with van der Waals surface area (Å²) in [6.45, 7) is 4.03. The molecule has 0 aromatic rings. The summed E-state index contributed by atoms with van der Waals surface area (Å²) in [6.07, 6.45) is 6.18. The van der Waals surface area contributed by atoms with Crippen LogP contribution >= 0.6 is 0 Å². The molecule has 0 aliphatic heterocycles. The molecule has 0 spiro atoms. The number of rotatable bonds is 1. The van der Waals surface area contributed by atoms with Crippen LogP contribution in [0.25, 0.3) is 0 Å². The lowest BCUT2D eigenvalue weighted by Crippen LogP contribution is -2.42. The summed E-state index contributed by atoms with van der Waals surface area (Å²) in [5.41, 5.74) is 0.831. The van der Waals surface area contributed by atoms with Crippen LogP contribution in [0.1, 0.15) is 39.5 Å². The average Bonchev–Trinajstić information content (AvgIpc) is 2.15. The van der Waals surface area contributed by atoms with Gasteiger partial charge in [-0.2, -0.15) is 8.42 Å². The Morgan fingerprint density at radius 2 is 2.00 bits per heavy atom. The molecular formula is C12H20O3S. The van der Waals surface area contributed by atoms with Gasteiger partial charge in [-0.25, -0.2) is 0 Å². The lowest BCUT2D eigenvalue weighted by Gasteiger charge is -2.42. The van der Waals surface area contributed by atoms with Gasteiger partial charge in [0.25, 0.3) is 10.1 Å². The topological polar surface area (TPSA) is 54.4 Å². The molecule has 0 saturated heterocycles. The maximum atomic E-state index is 11.5. The van der Waals surface area contributed by atoms with E-state index in [1.807, 2.05) is 13.0 Å². The van der Waals surface area contributed by atoms with Crippen LogP contribution in [-0.2, 0) is 10.1 Å². The van der Waals surface area contributed by atoms with Crippen molar-refractivity contribution in [3.63, 3.8) is 0 Å². The predicted octanol–water partition coefficient (Wildman–Crippen LogP) is 2.65. The Bertz CT molecular complexity index is 396. The van der Waals surface area contributed by atoms with E-state index in [0.29, 0.717) is 11.8 Å². The fourth-order valence-corrected chi connectivity index (χ4v) is 4.89. The Balaban J connectivity index is 2.36. The lowest BCUT2D eigenvalue weighted by atomic mass is 9.66. The van der Waals surface area contributed by atoms with Gasteiger partial charge in [0.2, 0.25) is 0 Å². The van der Waals surface area contributed by atoms with Crippen LogP contribution < -0.4 is 0 Å². The highest BCUT2D eigenvalue weighted by atomic mass is 32.2. The zero-order chi connectivity index (χ0) is 11.9. The fraction of sp³-hybridized carbons (Fsp3) is 0.833. The van der Waals surface area contributed by atoms with E-state index in [1.54, 1.807) is 0 Å². The Labute approximate surface area is 97.7 Å². The molecule has 16 heavy (non-hydrogen) atoms. The summed E-state index contributed by atoms with van der Waals surface area (Å²) in [4.78, 5) is 0. The number of fused-ring (bicyclic) bond motifs is 1. The SMILES string of the molecule is CC1=CCC2C(C)CCCC2C1S(=O)(=O)O. The molecular weight excluding hydrogens is 224 g/mol. The van der Waals surface area contributed by atoms with Gasteiger partial charge in [0, 0.05) is 0 Å². The van der Waals surface area contributed by atoms with Crippen LogP contribution in [0.2, 0.25) is 0 Å². The quantitative estimate of drug-likeness (QED) is 0.570. The van der Waals surface area contributed by atoms with Crippen molar-refractivity contribution in [2.24, 2.45) is 17.8 Å². The monoisotopic (exact) mass is 244 g/mol. The summed E-state index contributed by atoms with van der Waals surface area (Å²) in [6, 6.07) is 0. The van der Waals surface area contributed by atoms with Crippen molar-refractivity contribution in [1.82, 2.24) is 0 Å². The second-order valence-electron chi connectivity index (χ2n) is 5.36. The van der Waals surface area contributed by atoms with Gasteiger partial charge in [-0.15, -0.1) is 0 Å². The summed E-state index contributed by atoms with van der Waals surface area (Å²) in [5.74, 6) is 1.14. The normalized spacial score (nSPS) is 40.1. The maximum absolute atomic E-state index is 11.5. The maximum Gasteiger partial charge on any atom is 0.271 e. The second kappa shape index (κ2) is 4.15. The molecule has 4 unspecified atom stereocenters. The van der Waals surface area contributed by atoms with Crippen LogP contribution in [0.15, 0.2) is 11.6 Å². The third-order valence-corrected chi connectivity index (χ3v) is 5.71. The molecule has 0 aromatic carbocycles. The molecule has 0 aromatic heterocycles. The number of allylic oxidation sites excluding steroid dienone is 1. The summed E-state index contributed by atoms with van der Waals surface area (Å²) in [5, 5.41) is -0.644. The molecule has 0 bridgehead atoms. The third-order valence-electron chi connectivity index (χ3n) is 4.35. The van der Waals surface area contributed by atoms with Crippen molar-refractivity contribution in [2.75, 3.05) is 0 Å². The van der Waals surface area contributed by atoms with E-state index in [2.05, 4.69) is 6.92 Å². The van der Waals surface area contributed by atoms with Crippen molar-refractivity contribution in [3.05, 3.63) is 11.6 Å². The predicted molar refractivity (Wildman–Crippen MR) is 63.7 cm³/mol. The van der Waals surface area contributed by atoms with Crippen molar-refractivity contribution in [3.8, 4) is 0 Å². The molecule has 92 valence electrons. The summed E-state index contributed by atoms with van der Waals surface area (Å²) >= 11 is 0. The van der Waals surface area contributed by atoms with E-state index in [-0.39, 0.29) is 5.92 Å². The van der Waals surface area contributed by atoms with Crippen LogP contribution in [0.3, 0.4) is 0 Å².